The molecule has 6 heteroatoms. The third-order valence-corrected chi connectivity index (χ3v) is 4.95. The molecule has 1 aromatic heterocycles. The number of nitrogens with one attached hydrogen (secondary N) is 2. The molecule has 0 radical (unpaired) electrons. The standard InChI is InChI=1S/C12H20N2O3S/c1-2-3-12(4-5-12)9-14-18(16,17)11-6-10(8-15)13-7-11/h6-7,13-15H,2-5,8-9H2,1H3. The summed E-state index contributed by atoms with van der Waals surface area (Å²) in [6.45, 7) is 2.45. The first-order valence-corrected chi connectivity index (χ1v) is 7.77. The Bertz CT molecular complexity index is 503. The summed E-state index contributed by atoms with van der Waals surface area (Å²) in [5.74, 6) is 0. The normalized spacial score (nSPS) is 17.9. The van der Waals surface area contributed by atoms with Crippen LogP contribution in [0.3, 0.4) is 0 Å². The van der Waals surface area contributed by atoms with E-state index in [9.17, 15) is 8.42 Å². The number of aromatic amines is 1. The maximum atomic E-state index is 12.0. The molecule has 0 atom stereocenters. The lowest BCUT2D eigenvalue weighted by atomic mass is 10.0. The Labute approximate surface area is 108 Å². The highest BCUT2D eigenvalue weighted by atomic mass is 32.2. The van der Waals surface area contributed by atoms with E-state index >= 15 is 0 Å². The van der Waals surface area contributed by atoms with Crippen molar-refractivity contribution in [2.75, 3.05) is 6.54 Å². The molecule has 0 unspecified atom stereocenters. The molecule has 2 rings (SSSR count). The van der Waals surface area contributed by atoms with Gasteiger partial charge in [0.25, 0.3) is 0 Å². The van der Waals surface area contributed by atoms with Gasteiger partial charge in [0, 0.05) is 18.4 Å². The van der Waals surface area contributed by atoms with Crippen molar-refractivity contribution in [3.8, 4) is 0 Å². The number of rotatable bonds is 7. The number of H-pyrrole nitrogens is 1. The summed E-state index contributed by atoms with van der Waals surface area (Å²) in [6.07, 6.45) is 5.79. The number of sulfonamides is 1. The van der Waals surface area contributed by atoms with Gasteiger partial charge in [-0.1, -0.05) is 13.3 Å². The second kappa shape index (κ2) is 5.03. The van der Waals surface area contributed by atoms with Crippen LogP contribution in [-0.2, 0) is 16.6 Å². The molecule has 102 valence electrons. The van der Waals surface area contributed by atoms with Crippen LogP contribution in [0.5, 0.6) is 0 Å². The third kappa shape index (κ3) is 2.93. The summed E-state index contributed by atoms with van der Waals surface area (Å²) in [5.41, 5.74) is 0.697. The third-order valence-electron chi connectivity index (χ3n) is 3.57. The SMILES string of the molecule is CCCC1(CNS(=O)(=O)c2c[nH]c(CO)c2)CC1. The summed E-state index contributed by atoms with van der Waals surface area (Å²) in [7, 11) is -3.45. The number of hydrogen-bond acceptors (Lipinski definition) is 3. The van der Waals surface area contributed by atoms with E-state index in [0.717, 1.165) is 25.7 Å². The van der Waals surface area contributed by atoms with Gasteiger partial charge in [0.2, 0.25) is 10.0 Å². The van der Waals surface area contributed by atoms with E-state index in [-0.39, 0.29) is 16.9 Å². The van der Waals surface area contributed by atoms with Crippen LogP contribution in [-0.4, -0.2) is 25.1 Å². The van der Waals surface area contributed by atoms with E-state index in [0.29, 0.717) is 12.2 Å². The quantitative estimate of drug-likeness (QED) is 0.701. The Kier molecular flexibility index (Phi) is 3.79. The summed E-state index contributed by atoms with van der Waals surface area (Å²) in [6, 6.07) is 1.46. The molecule has 3 N–H and O–H groups in total. The van der Waals surface area contributed by atoms with Crippen molar-refractivity contribution in [2.45, 2.75) is 44.1 Å². The summed E-state index contributed by atoms with van der Waals surface area (Å²) >= 11 is 0. The molecule has 0 saturated heterocycles. The first kappa shape index (κ1) is 13.6. The predicted octanol–water partition coefficient (Wildman–Crippen LogP) is 1.37. The van der Waals surface area contributed by atoms with Crippen molar-refractivity contribution in [3.05, 3.63) is 18.0 Å². The number of aliphatic hydroxyl groups excluding tert-OH is 1. The fourth-order valence-electron chi connectivity index (χ4n) is 2.22. The highest BCUT2D eigenvalue weighted by molar-refractivity contribution is 7.89. The van der Waals surface area contributed by atoms with Gasteiger partial charge in [-0.15, -0.1) is 0 Å². The first-order valence-electron chi connectivity index (χ1n) is 6.29. The van der Waals surface area contributed by atoms with E-state index in [1.807, 2.05) is 0 Å². The highest BCUT2D eigenvalue weighted by Gasteiger charge is 2.42. The maximum absolute atomic E-state index is 12.0. The topological polar surface area (TPSA) is 82.2 Å². The molecule has 1 aliphatic carbocycles. The van der Waals surface area contributed by atoms with Gasteiger partial charge in [-0.05, 0) is 30.7 Å². The zero-order valence-corrected chi connectivity index (χ0v) is 11.4. The van der Waals surface area contributed by atoms with Crippen molar-refractivity contribution in [1.82, 2.24) is 9.71 Å². The zero-order chi connectivity index (χ0) is 13.2. The fourth-order valence-corrected chi connectivity index (χ4v) is 3.39. The number of aliphatic hydroxyl groups is 1. The van der Waals surface area contributed by atoms with Gasteiger partial charge in [0.1, 0.15) is 0 Å². The van der Waals surface area contributed by atoms with Crippen molar-refractivity contribution in [2.24, 2.45) is 5.41 Å². The van der Waals surface area contributed by atoms with Crippen molar-refractivity contribution < 1.29 is 13.5 Å². The molecule has 1 heterocycles. The van der Waals surface area contributed by atoms with Gasteiger partial charge in [0.05, 0.1) is 11.5 Å². The molecular weight excluding hydrogens is 252 g/mol. The van der Waals surface area contributed by atoms with Crippen LogP contribution in [0.15, 0.2) is 17.2 Å². The first-order chi connectivity index (χ1) is 8.51. The van der Waals surface area contributed by atoms with Gasteiger partial charge >= 0.3 is 0 Å². The lowest BCUT2D eigenvalue weighted by Crippen LogP contribution is -2.30. The average Bonchev–Trinajstić information content (AvgIpc) is 2.93. The summed E-state index contributed by atoms with van der Waals surface area (Å²) in [5, 5.41) is 8.91. The Morgan fingerprint density at radius 3 is 2.72 bits per heavy atom. The Morgan fingerprint density at radius 1 is 1.50 bits per heavy atom. The molecule has 1 fully saturated rings. The largest absolute Gasteiger partial charge is 0.390 e. The molecule has 1 aromatic rings. The summed E-state index contributed by atoms with van der Waals surface area (Å²) in [4.78, 5) is 2.92. The number of hydrogen-bond donors (Lipinski definition) is 3. The second-order valence-corrected chi connectivity index (χ2v) is 6.86. The molecule has 0 bridgehead atoms. The van der Waals surface area contributed by atoms with Gasteiger partial charge in [0.15, 0.2) is 0 Å². The maximum Gasteiger partial charge on any atom is 0.242 e. The van der Waals surface area contributed by atoms with Crippen LogP contribution in [0.1, 0.15) is 38.3 Å². The number of aromatic nitrogens is 1. The van der Waals surface area contributed by atoms with E-state index in [1.54, 1.807) is 0 Å². The van der Waals surface area contributed by atoms with E-state index < -0.39 is 10.0 Å². The molecule has 0 amide bonds. The van der Waals surface area contributed by atoms with Crippen LogP contribution in [0.2, 0.25) is 0 Å². The minimum absolute atomic E-state index is 0.185. The molecule has 0 aromatic carbocycles. The highest BCUT2D eigenvalue weighted by Crippen LogP contribution is 2.49. The zero-order valence-electron chi connectivity index (χ0n) is 10.6. The van der Waals surface area contributed by atoms with E-state index in [1.165, 1.54) is 12.3 Å². The molecule has 18 heavy (non-hydrogen) atoms. The predicted molar refractivity (Wildman–Crippen MR) is 68.5 cm³/mol. The van der Waals surface area contributed by atoms with Crippen LogP contribution < -0.4 is 4.72 Å². The monoisotopic (exact) mass is 272 g/mol. The van der Waals surface area contributed by atoms with Gasteiger partial charge in [-0.2, -0.15) is 0 Å². The molecule has 5 nitrogen and oxygen atoms in total. The fraction of sp³-hybridized carbons (Fsp3) is 0.667. The van der Waals surface area contributed by atoms with Gasteiger partial charge in [-0.3, -0.25) is 0 Å². The lowest BCUT2D eigenvalue weighted by molar-refractivity contribution is 0.277. The summed E-state index contributed by atoms with van der Waals surface area (Å²) < 4.78 is 26.7. The van der Waals surface area contributed by atoms with Gasteiger partial charge < -0.3 is 10.1 Å². The minimum Gasteiger partial charge on any atom is -0.390 e. The minimum atomic E-state index is -3.45. The van der Waals surface area contributed by atoms with Crippen LogP contribution >= 0.6 is 0 Å². The van der Waals surface area contributed by atoms with E-state index in [4.69, 9.17) is 5.11 Å². The van der Waals surface area contributed by atoms with Crippen LogP contribution in [0, 0.1) is 5.41 Å². The Hall–Kier alpha value is -0.850. The Balaban J connectivity index is 1.99. The van der Waals surface area contributed by atoms with Crippen molar-refractivity contribution in [1.29, 1.82) is 0 Å². The molecule has 1 saturated carbocycles. The van der Waals surface area contributed by atoms with Crippen LogP contribution in [0.25, 0.3) is 0 Å². The molecular formula is C12H20N2O3S. The lowest BCUT2D eigenvalue weighted by Gasteiger charge is -2.14. The smallest absolute Gasteiger partial charge is 0.242 e. The second-order valence-electron chi connectivity index (χ2n) is 5.09. The van der Waals surface area contributed by atoms with Crippen LogP contribution in [0.4, 0.5) is 0 Å². The average molecular weight is 272 g/mol. The van der Waals surface area contributed by atoms with Crippen molar-refractivity contribution >= 4 is 10.0 Å². The molecule has 0 aliphatic heterocycles. The molecule has 1 aliphatic rings. The van der Waals surface area contributed by atoms with Crippen molar-refractivity contribution in [3.63, 3.8) is 0 Å². The Morgan fingerprint density at radius 2 is 2.22 bits per heavy atom. The van der Waals surface area contributed by atoms with Gasteiger partial charge in [-0.25, -0.2) is 13.1 Å². The molecule has 0 spiro atoms. The van der Waals surface area contributed by atoms with E-state index in [2.05, 4.69) is 16.6 Å².